The van der Waals surface area contributed by atoms with E-state index < -0.39 is 0 Å². The molecule has 0 radical (unpaired) electrons. The van der Waals surface area contributed by atoms with Crippen LogP contribution in [0, 0.1) is 0 Å². The van der Waals surface area contributed by atoms with Crippen LogP contribution in [-0.4, -0.2) is 18.5 Å². The molecule has 1 aromatic rings. The van der Waals surface area contributed by atoms with Gasteiger partial charge in [-0.2, -0.15) is 0 Å². The third-order valence-corrected chi connectivity index (χ3v) is 3.85. The Bertz CT molecular complexity index is 429. The van der Waals surface area contributed by atoms with E-state index in [1.165, 1.54) is 5.56 Å². The first-order valence-electron chi connectivity index (χ1n) is 7.47. The molecule has 1 saturated carbocycles. The van der Waals surface area contributed by atoms with Crippen LogP contribution in [0.5, 0.6) is 0 Å². The molecule has 4 heteroatoms. The third kappa shape index (κ3) is 5.14. The summed E-state index contributed by atoms with van der Waals surface area (Å²) in [4.78, 5) is 11.6. The third-order valence-electron chi connectivity index (χ3n) is 3.59. The lowest BCUT2D eigenvalue weighted by molar-refractivity contribution is -0.121. The minimum Gasteiger partial charge on any atom is -0.353 e. The minimum atomic E-state index is 0.189. The van der Waals surface area contributed by atoms with Crippen LogP contribution in [0.15, 0.2) is 24.3 Å². The van der Waals surface area contributed by atoms with Crippen LogP contribution in [0.25, 0.3) is 0 Å². The highest BCUT2D eigenvalue weighted by molar-refractivity contribution is 6.30. The SMILES string of the molecule is CCC(NCCCC(=O)NC1CC1)c1ccc(Cl)cc1. The van der Waals surface area contributed by atoms with E-state index in [4.69, 9.17) is 11.6 Å². The van der Waals surface area contributed by atoms with E-state index in [1.54, 1.807) is 0 Å². The molecule has 0 aromatic heterocycles. The molecule has 1 aromatic carbocycles. The van der Waals surface area contributed by atoms with E-state index in [-0.39, 0.29) is 5.91 Å². The van der Waals surface area contributed by atoms with Crippen molar-refractivity contribution in [1.29, 1.82) is 0 Å². The molecule has 0 spiro atoms. The van der Waals surface area contributed by atoms with Crippen molar-refractivity contribution in [3.63, 3.8) is 0 Å². The molecule has 110 valence electrons. The number of carbonyl (C=O) groups is 1. The van der Waals surface area contributed by atoms with E-state index >= 15 is 0 Å². The van der Waals surface area contributed by atoms with Gasteiger partial charge in [0.15, 0.2) is 0 Å². The van der Waals surface area contributed by atoms with Gasteiger partial charge in [0, 0.05) is 23.5 Å². The van der Waals surface area contributed by atoms with Gasteiger partial charge in [-0.3, -0.25) is 4.79 Å². The molecule has 1 amide bonds. The Morgan fingerprint density at radius 2 is 2.05 bits per heavy atom. The minimum absolute atomic E-state index is 0.189. The summed E-state index contributed by atoms with van der Waals surface area (Å²) in [6, 6.07) is 8.76. The molecular weight excluding hydrogens is 272 g/mol. The zero-order valence-electron chi connectivity index (χ0n) is 12.0. The summed E-state index contributed by atoms with van der Waals surface area (Å²) in [6.07, 6.45) is 4.82. The number of hydrogen-bond acceptors (Lipinski definition) is 2. The first kappa shape index (κ1) is 15.3. The highest BCUT2D eigenvalue weighted by Crippen LogP contribution is 2.20. The molecule has 2 rings (SSSR count). The number of benzene rings is 1. The quantitative estimate of drug-likeness (QED) is 0.721. The molecule has 0 bridgehead atoms. The van der Waals surface area contributed by atoms with Crippen LogP contribution in [-0.2, 0) is 4.79 Å². The molecule has 1 aliphatic carbocycles. The second-order valence-corrected chi connectivity index (χ2v) is 5.85. The fraction of sp³-hybridized carbons (Fsp3) is 0.562. The van der Waals surface area contributed by atoms with E-state index in [9.17, 15) is 4.79 Å². The lowest BCUT2D eigenvalue weighted by Gasteiger charge is -2.17. The molecule has 1 unspecified atom stereocenters. The van der Waals surface area contributed by atoms with Gasteiger partial charge in [-0.1, -0.05) is 30.7 Å². The Labute approximate surface area is 126 Å². The summed E-state index contributed by atoms with van der Waals surface area (Å²) >= 11 is 5.90. The van der Waals surface area contributed by atoms with Crippen LogP contribution < -0.4 is 10.6 Å². The maximum atomic E-state index is 11.6. The molecule has 0 heterocycles. The molecule has 1 atom stereocenters. The van der Waals surface area contributed by atoms with Crippen molar-refractivity contribution in [1.82, 2.24) is 10.6 Å². The highest BCUT2D eigenvalue weighted by Gasteiger charge is 2.22. The summed E-state index contributed by atoms with van der Waals surface area (Å²) in [5.41, 5.74) is 1.25. The molecule has 2 N–H and O–H groups in total. The Morgan fingerprint density at radius 1 is 1.35 bits per heavy atom. The smallest absolute Gasteiger partial charge is 0.220 e. The van der Waals surface area contributed by atoms with Gasteiger partial charge < -0.3 is 10.6 Å². The van der Waals surface area contributed by atoms with Gasteiger partial charge >= 0.3 is 0 Å². The molecule has 1 fully saturated rings. The van der Waals surface area contributed by atoms with Crippen LogP contribution in [0.4, 0.5) is 0 Å². The number of amides is 1. The number of rotatable bonds is 8. The largest absolute Gasteiger partial charge is 0.353 e. The van der Waals surface area contributed by atoms with Gasteiger partial charge in [0.2, 0.25) is 5.91 Å². The molecule has 3 nitrogen and oxygen atoms in total. The first-order chi connectivity index (χ1) is 9.69. The van der Waals surface area contributed by atoms with Gasteiger partial charge in [0.25, 0.3) is 0 Å². The Hall–Kier alpha value is -1.06. The zero-order chi connectivity index (χ0) is 14.4. The number of nitrogens with one attached hydrogen (secondary N) is 2. The monoisotopic (exact) mass is 294 g/mol. The standard InChI is InChI=1S/C16H23ClN2O/c1-2-15(12-5-7-13(17)8-6-12)18-11-3-4-16(20)19-14-9-10-14/h5-8,14-15,18H,2-4,9-11H2,1H3,(H,19,20). The molecule has 0 aliphatic heterocycles. The maximum absolute atomic E-state index is 11.6. The predicted octanol–water partition coefficient (Wildman–Crippen LogP) is 3.44. The van der Waals surface area contributed by atoms with Gasteiger partial charge in [-0.25, -0.2) is 0 Å². The van der Waals surface area contributed by atoms with Crippen LogP contribution in [0.1, 0.15) is 50.6 Å². The number of carbonyl (C=O) groups excluding carboxylic acids is 1. The zero-order valence-corrected chi connectivity index (χ0v) is 12.7. The predicted molar refractivity (Wildman–Crippen MR) is 82.9 cm³/mol. The van der Waals surface area contributed by atoms with Crippen molar-refractivity contribution < 1.29 is 4.79 Å². The van der Waals surface area contributed by atoms with E-state index in [0.717, 1.165) is 37.3 Å². The average molecular weight is 295 g/mol. The Balaban J connectivity index is 1.67. The van der Waals surface area contributed by atoms with Crippen molar-refractivity contribution >= 4 is 17.5 Å². The number of halogens is 1. The van der Waals surface area contributed by atoms with Gasteiger partial charge in [-0.15, -0.1) is 0 Å². The Morgan fingerprint density at radius 3 is 2.65 bits per heavy atom. The molecular formula is C16H23ClN2O. The van der Waals surface area contributed by atoms with Gasteiger partial charge in [-0.05, 0) is 49.9 Å². The van der Waals surface area contributed by atoms with E-state index in [1.807, 2.05) is 12.1 Å². The number of hydrogen-bond donors (Lipinski definition) is 2. The second kappa shape index (κ2) is 7.65. The summed E-state index contributed by atoms with van der Waals surface area (Å²) in [5, 5.41) is 7.28. The van der Waals surface area contributed by atoms with Crippen LogP contribution in [0.3, 0.4) is 0 Å². The van der Waals surface area contributed by atoms with Crippen molar-refractivity contribution in [3.05, 3.63) is 34.9 Å². The average Bonchev–Trinajstić information content (AvgIpc) is 3.24. The summed E-state index contributed by atoms with van der Waals surface area (Å²) in [5.74, 6) is 0.189. The topological polar surface area (TPSA) is 41.1 Å². The van der Waals surface area contributed by atoms with Gasteiger partial charge in [0.1, 0.15) is 0 Å². The summed E-state index contributed by atoms with van der Waals surface area (Å²) in [6.45, 7) is 3.02. The highest BCUT2D eigenvalue weighted by atomic mass is 35.5. The maximum Gasteiger partial charge on any atom is 0.220 e. The first-order valence-corrected chi connectivity index (χ1v) is 7.85. The fourth-order valence-corrected chi connectivity index (χ4v) is 2.37. The van der Waals surface area contributed by atoms with Crippen LogP contribution in [0.2, 0.25) is 5.02 Å². The second-order valence-electron chi connectivity index (χ2n) is 5.41. The molecule has 0 saturated heterocycles. The lowest BCUT2D eigenvalue weighted by Crippen LogP contribution is -2.27. The van der Waals surface area contributed by atoms with E-state index in [0.29, 0.717) is 18.5 Å². The fourth-order valence-electron chi connectivity index (χ4n) is 2.25. The van der Waals surface area contributed by atoms with Crippen molar-refractivity contribution in [2.45, 2.75) is 51.1 Å². The Kier molecular flexibility index (Phi) is 5.86. The van der Waals surface area contributed by atoms with Gasteiger partial charge in [0.05, 0.1) is 0 Å². The lowest BCUT2D eigenvalue weighted by atomic mass is 10.0. The van der Waals surface area contributed by atoms with Crippen molar-refractivity contribution in [3.8, 4) is 0 Å². The summed E-state index contributed by atoms with van der Waals surface area (Å²) in [7, 11) is 0. The molecule has 1 aliphatic rings. The van der Waals surface area contributed by atoms with E-state index in [2.05, 4.69) is 29.7 Å². The van der Waals surface area contributed by atoms with Crippen LogP contribution >= 0.6 is 11.6 Å². The summed E-state index contributed by atoms with van der Waals surface area (Å²) < 4.78 is 0. The van der Waals surface area contributed by atoms with Crippen molar-refractivity contribution in [2.75, 3.05) is 6.54 Å². The molecule has 20 heavy (non-hydrogen) atoms. The van der Waals surface area contributed by atoms with Crippen molar-refractivity contribution in [2.24, 2.45) is 0 Å². The normalized spacial score (nSPS) is 15.9.